The van der Waals surface area contributed by atoms with E-state index >= 15 is 0 Å². The van der Waals surface area contributed by atoms with Gasteiger partial charge in [0.1, 0.15) is 0 Å². The third-order valence-corrected chi connectivity index (χ3v) is 2.86. The van der Waals surface area contributed by atoms with Crippen molar-refractivity contribution < 1.29 is 19.4 Å². The van der Waals surface area contributed by atoms with Crippen LogP contribution in [0.2, 0.25) is 0 Å². The normalized spacial score (nSPS) is 16.7. The first-order chi connectivity index (χ1) is 8.69. The van der Waals surface area contributed by atoms with E-state index in [2.05, 4.69) is 10.2 Å². The first-order valence-electron chi connectivity index (χ1n) is 6.08. The van der Waals surface area contributed by atoms with Crippen LogP contribution >= 0.6 is 0 Å². The Morgan fingerprint density at radius 1 is 1.28 bits per heavy atom. The fourth-order valence-electron chi connectivity index (χ4n) is 1.80. The van der Waals surface area contributed by atoms with Crippen LogP contribution in [0.1, 0.15) is 0 Å². The molecule has 0 radical (unpaired) electrons. The first kappa shape index (κ1) is 14.9. The van der Waals surface area contributed by atoms with Crippen molar-refractivity contribution in [3.05, 3.63) is 0 Å². The van der Waals surface area contributed by atoms with Crippen LogP contribution in [-0.2, 0) is 14.3 Å². The number of aliphatic hydroxyl groups excluding tert-OH is 1. The number of carbonyl (C=O) groups is 2. The maximum atomic E-state index is 11.8. The molecule has 0 atom stereocenters. The highest BCUT2D eigenvalue weighted by molar-refractivity contribution is 6.35. The summed E-state index contributed by atoms with van der Waals surface area (Å²) >= 11 is 0. The Morgan fingerprint density at radius 3 is 2.50 bits per heavy atom. The van der Waals surface area contributed by atoms with Crippen LogP contribution in [0.15, 0.2) is 0 Å². The summed E-state index contributed by atoms with van der Waals surface area (Å²) in [7, 11) is 1.54. The number of hydrogen-bond acceptors (Lipinski definition) is 5. The second-order valence-electron chi connectivity index (χ2n) is 4.11. The number of hydrogen-bond donors (Lipinski definition) is 2. The summed E-state index contributed by atoms with van der Waals surface area (Å²) in [6.45, 7) is 3.89. The highest BCUT2D eigenvalue weighted by atomic mass is 16.5. The van der Waals surface area contributed by atoms with E-state index in [-0.39, 0.29) is 6.61 Å². The quantitative estimate of drug-likeness (QED) is 0.436. The number of piperazine rings is 1. The van der Waals surface area contributed by atoms with Crippen LogP contribution in [0.4, 0.5) is 0 Å². The van der Waals surface area contributed by atoms with Gasteiger partial charge in [-0.25, -0.2) is 0 Å². The molecule has 0 aromatic rings. The third-order valence-electron chi connectivity index (χ3n) is 2.86. The Hall–Kier alpha value is -1.18. The van der Waals surface area contributed by atoms with Crippen LogP contribution in [0.3, 0.4) is 0 Å². The largest absolute Gasteiger partial charge is 0.395 e. The SMILES string of the molecule is COCCNC(=O)C(=O)N1CCN(CCO)CC1. The molecule has 0 spiro atoms. The van der Waals surface area contributed by atoms with E-state index < -0.39 is 11.8 Å². The molecule has 2 amide bonds. The van der Waals surface area contributed by atoms with Crippen LogP contribution in [0, 0.1) is 0 Å². The van der Waals surface area contributed by atoms with Gasteiger partial charge in [0.05, 0.1) is 13.2 Å². The van der Waals surface area contributed by atoms with Crippen LogP contribution < -0.4 is 5.32 Å². The van der Waals surface area contributed by atoms with E-state index in [0.29, 0.717) is 45.9 Å². The summed E-state index contributed by atoms with van der Waals surface area (Å²) in [5, 5.41) is 11.3. The Morgan fingerprint density at radius 2 is 1.94 bits per heavy atom. The number of β-amino-alcohol motifs (C(OH)–C–C–N with tert-alkyl or cyclic N) is 1. The van der Waals surface area contributed by atoms with Crippen molar-refractivity contribution in [3.8, 4) is 0 Å². The average molecular weight is 259 g/mol. The molecule has 1 saturated heterocycles. The van der Waals surface area contributed by atoms with Gasteiger partial charge in [-0.2, -0.15) is 0 Å². The number of methoxy groups -OCH3 is 1. The molecule has 104 valence electrons. The second-order valence-corrected chi connectivity index (χ2v) is 4.11. The molecule has 0 bridgehead atoms. The van der Waals surface area contributed by atoms with Crippen molar-refractivity contribution in [1.82, 2.24) is 15.1 Å². The van der Waals surface area contributed by atoms with Gasteiger partial charge in [-0.05, 0) is 0 Å². The average Bonchev–Trinajstić information content (AvgIpc) is 2.39. The second kappa shape index (κ2) is 8.02. The van der Waals surface area contributed by atoms with Gasteiger partial charge in [-0.3, -0.25) is 14.5 Å². The number of ether oxygens (including phenoxy) is 1. The maximum absolute atomic E-state index is 11.8. The Labute approximate surface area is 107 Å². The minimum absolute atomic E-state index is 0.117. The summed E-state index contributed by atoms with van der Waals surface area (Å²) in [5.74, 6) is -1.07. The Kier molecular flexibility index (Phi) is 6.63. The van der Waals surface area contributed by atoms with Gasteiger partial charge in [0.2, 0.25) is 0 Å². The highest BCUT2D eigenvalue weighted by Crippen LogP contribution is 2.01. The van der Waals surface area contributed by atoms with Gasteiger partial charge in [-0.1, -0.05) is 0 Å². The molecule has 18 heavy (non-hydrogen) atoms. The summed E-state index contributed by atoms with van der Waals surface area (Å²) in [4.78, 5) is 26.9. The Balaban J connectivity index is 2.28. The zero-order valence-electron chi connectivity index (χ0n) is 10.7. The predicted molar refractivity (Wildman–Crippen MR) is 65.0 cm³/mol. The van der Waals surface area contributed by atoms with Crippen molar-refractivity contribution in [2.24, 2.45) is 0 Å². The van der Waals surface area contributed by atoms with Gasteiger partial charge in [0, 0.05) is 46.4 Å². The number of nitrogens with zero attached hydrogens (tertiary/aromatic N) is 2. The first-order valence-corrected chi connectivity index (χ1v) is 6.08. The lowest BCUT2D eigenvalue weighted by atomic mass is 10.3. The van der Waals surface area contributed by atoms with E-state index in [4.69, 9.17) is 9.84 Å². The predicted octanol–water partition coefficient (Wildman–Crippen LogP) is -2.11. The van der Waals surface area contributed by atoms with Crippen molar-refractivity contribution in [3.63, 3.8) is 0 Å². The van der Waals surface area contributed by atoms with Crippen molar-refractivity contribution >= 4 is 11.8 Å². The molecule has 0 saturated carbocycles. The summed E-state index contributed by atoms with van der Waals surface area (Å²) in [5.41, 5.74) is 0. The third kappa shape index (κ3) is 4.59. The molecule has 0 unspecified atom stereocenters. The molecule has 1 rings (SSSR count). The van der Waals surface area contributed by atoms with Crippen molar-refractivity contribution in [2.45, 2.75) is 0 Å². The fraction of sp³-hybridized carbons (Fsp3) is 0.818. The molecule has 0 aromatic heterocycles. The van der Waals surface area contributed by atoms with Crippen LogP contribution in [-0.4, -0.2) is 86.3 Å². The van der Waals surface area contributed by atoms with Crippen molar-refractivity contribution in [1.29, 1.82) is 0 Å². The number of aliphatic hydroxyl groups is 1. The molecule has 1 aliphatic rings. The zero-order chi connectivity index (χ0) is 13.4. The number of amides is 2. The van der Waals surface area contributed by atoms with E-state index in [9.17, 15) is 9.59 Å². The molecule has 7 nitrogen and oxygen atoms in total. The summed E-state index contributed by atoms with van der Waals surface area (Å²) in [6, 6.07) is 0. The molecule has 1 heterocycles. The van der Waals surface area contributed by atoms with Gasteiger partial charge in [0.25, 0.3) is 0 Å². The molecule has 1 aliphatic heterocycles. The zero-order valence-corrected chi connectivity index (χ0v) is 10.7. The van der Waals surface area contributed by atoms with Crippen molar-refractivity contribution in [2.75, 3.05) is 59.6 Å². The van der Waals surface area contributed by atoms with E-state index in [1.807, 2.05) is 0 Å². The van der Waals surface area contributed by atoms with Crippen LogP contribution in [0.25, 0.3) is 0 Å². The van der Waals surface area contributed by atoms with Crippen LogP contribution in [0.5, 0.6) is 0 Å². The van der Waals surface area contributed by atoms with E-state index in [1.54, 1.807) is 0 Å². The molecule has 1 fully saturated rings. The molecule has 7 heteroatoms. The minimum atomic E-state index is -0.581. The monoisotopic (exact) mass is 259 g/mol. The van der Waals surface area contributed by atoms with E-state index in [1.165, 1.54) is 12.0 Å². The molecule has 0 aromatic carbocycles. The lowest BCUT2D eigenvalue weighted by Crippen LogP contribution is -2.53. The van der Waals surface area contributed by atoms with Gasteiger partial charge in [-0.15, -0.1) is 0 Å². The van der Waals surface area contributed by atoms with Gasteiger partial charge in [0.15, 0.2) is 0 Å². The molecule has 0 aliphatic carbocycles. The maximum Gasteiger partial charge on any atom is 0.311 e. The highest BCUT2D eigenvalue weighted by Gasteiger charge is 2.25. The summed E-state index contributed by atoms with van der Waals surface area (Å²) in [6.07, 6.45) is 0. The van der Waals surface area contributed by atoms with Gasteiger partial charge < -0.3 is 20.1 Å². The number of nitrogens with one attached hydrogen (secondary N) is 1. The number of rotatable bonds is 5. The lowest BCUT2D eigenvalue weighted by Gasteiger charge is -2.33. The van der Waals surface area contributed by atoms with Gasteiger partial charge >= 0.3 is 11.8 Å². The minimum Gasteiger partial charge on any atom is -0.395 e. The molecule has 2 N–H and O–H groups in total. The standard InChI is InChI=1S/C11H21N3O4/c1-18-9-2-12-10(16)11(17)14-5-3-13(4-6-14)7-8-15/h15H,2-9H2,1H3,(H,12,16). The van der Waals surface area contributed by atoms with E-state index in [0.717, 1.165) is 0 Å². The Bertz CT molecular complexity index is 277. The smallest absolute Gasteiger partial charge is 0.311 e. The molecular formula is C11H21N3O4. The fourth-order valence-corrected chi connectivity index (χ4v) is 1.80. The lowest BCUT2D eigenvalue weighted by molar-refractivity contribution is -0.147. The summed E-state index contributed by atoms with van der Waals surface area (Å²) < 4.78 is 4.79. The molecular weight excluding hydrogens is 238 g/mol. The topological polar surface area (TPSA) is 82.1 Å². The number of carbonyl (C=O) groups excluding carboxylic acids is 2.